The molecule has 0 aromatic heterocycles. The zero-order valence-electron chi connectivity index (χ0n) is 9.70. The van der Waals surface area contributed by atoms with Crippen LogP contribution in [0.2, 0.25) is 0 Å². The number of hydrogen-bond donors (Lipinski definition) is 0. The maximum absolute atomic E-state index is 11.5. The van der Waals surface area contributed by atoms with Crippen LogP contribution in [0.5, 0.6) is 0 Å². The molecule has 86 valence electrons. The molecular weight excluding hydrogens is 196 g/mol. The van der Waals surface area contributed by atoms with E-state index >= 15 is 0 Å². The Bertz CT molecular complexity index is 270. The van der Waals surface area contributed by atoms with Crippen molar-refractivity contribution in [2.45, 2.75) is 52.2 Å². The van der Waals surface area contributed by atoms with Crippen molar-refractivity contribution in [1.29, 1.82) is 0 Å². The van der Waals surface area contributed by atoms with Crippen molar-refractivity contribution < 1.29 is 19.1 Å². The molecule has 0 saturated carbocycles. The van der Waals surface area contributed by atoms with Gasteiger partial charge in [0.25, 0.3) is 0 Å². The van der Waals surface area contributed by atoms with Crippen LogP contribution in [-0.2, 0) is 19.1 Å². The molecule has 0 amide bonds. The number of hydrogen-bond acceptors (Lipinski definition) is 4. The molecule has 0 aromatic carbocycles. The Morgan fingerprint density at radius 1 is 1.67 bits per heavy atom. The molecule has 0 N–H and O–H groups in total. The average molecular weight is 214 g/mol. The van der Waals surface area contributed by atoms with Gasteiger partial charge < -0.3 is 9.47 Å². The number of cyclic esters (lactones) is 1. The highest BCUT2D eigenvalue weighted by atomic mass is 16.6. The van der Waals surface area contributed by atoms with E-state index in [1.807, 2.05) is 20.8 Å². The lowest BCUT2D eigenvalue weighted by Crippen LogP contribution is -2.26. The number of ether oxygens (including phenoxy) is 2. The monoisotopic (exact) mass is 214 g/mol. The van der Waals surface area contributed by atoms with Crippen LogP contribution in [0.4, 0.5) is 0 Å². The van der Waals surface area contributed by atoms with Crippen LogP contribution in [0.25, 0.3) is 0 Å². The van der Waals surface area contributed by atoms with Crippen molar-refractivity contribution in [3.63, 3.8) is 0 Å². The van der Waals surface area contributed by atoms with Gasteiger partial charge in [0.2, 0.25) is 6.10 Å². The van der Waals surface area contributed by atoms with E-state index in [0.717, 1.165) is 0 Å². The third-order valence-electron chi connectivity index (χ3n) is 2.59. The number of carbonyl (C=O) groups excluding carboxylic acids is 2. The minimum Gasteiger partial charge on any atom is -0.457 e. The fraction of sp³-hybridized carbons (Fsp3) is 0.818. The zero-order chi connectivity index (χ0) is 11.6. The first-order chi connectivity index (χ1) is 6.85. The van der Waals surface area contributed by atoms with Gasteiger partial charge in [0.1, 0.15) is 5.60 Å². The molecule has 1 heterocycles. The molecule has 4 nitrogen and oxygen atoms in total. The molecule has 1 aliphatic heterocycles. The van der Waals surface area contributed by atoms with Crippen molar-refractivity contribution in [2.75, 3.05) is 0 Å². The van der Waals surface area contributed by atoms with Gasteiger partial charge in [-0.15, -0.1) is 0 Å². The zero-order valence-corrected chi connectivity index (χ0v) is 9.70. The molecule has 15 heavy (non-hydrogen) atoms. The van der Waals surface area contributed by atoms with Gasteiger partial charge >= 0.3 is 11.9 Å². The summed E-state index contributed by atoms with van der Waals surface area (Å²) in [5.41, 5.74) is -0.516. The van der Waals surface area contributed by atoms with Crippen molar-refractivity contribution in [1.82, 2.24) is 0 Å². The van der Waals surface area contributed by atoms with Crippen LogP contribution in [0.15, 0.2) is 0 Å². The van der Waals surface area contributed by atoms with E-state index < -0.39 is 17.7 Å². The lowest BCUT2D eigenvalue weighted by molar-refractivity contribution is -0.164. The maximum atomic E-state index is 11.5. The van der Waals surface area contributed by atoms with Crippen LogP contribution in [0.1, 0.15) is 40.5 Å². The van der Waals surface area contributed by atoms with Crippen molar-refractivity contribution in [2.24, 2.45) is 5.92 Å². The fourth-order valence-corrected chi connectivity index (χ4v) is 1.42. The first-order valence-corrected chi connectivity index (χ1v) is 5.29. The smallest absolute Gasteiger partial charge is 0.348 e. The molecule has 1 rings (SSSR count). The molecule has 0 aliphatic carbocycles. The first kappa shape index (κ1) is 12.0. The van der Waals surface area contributed by atoms with Crippen LogP contribution in [0, 0.1) is 5.92 Å². The molecule has 0 bridgehead atoms. The minimum atomic E-state index is -0.721. The Labute approximate surface area is 89.9 Å². The Balaban J connectivity index is 2.53. The quantitative estimate of drug-likeness (QED) is 0.670. The van der Waals surface area contributed by atoms with E-state index in [0.29, 0.717) is 12.8 Å². The largest absolute Gasteiger partial charge is 0.457 e. The predicted molar refractivity (Wildman–Crippen MR) is 54.1 cm³/mol. The highest BCUT2D eigenvalue weighted by Gasteiger charge is 2.42. The van der Waals surface area contributed by atoms with Gasteiger partial charge in [-0.25, -0.2) is 4.79 Å². The van der Waals surface area contributed by atoms with Gasteiger partial charge in [-0.2, -0.15) is 0 Å². The third-order valence-corrected chi connectivity index (χ3v) is 2.59. The van der Waals surface area contributed by atoms with Crippen molar-refractivity contribution in [3.8, 4) is 0 Å². The summed E-state index contributed by atoms with van der Waals surface area (Å²) in [6, 6.07) is 0. The molecule has 4 heteroatoms. The second-order valence-corrected chi connectivity index (χ2v) is 4.62. The van der Waals surface area contributed by atoms with E-state index in [4.69, 9.17) is 9.47 Å². The number of carbonyl (C=O) groups is 2. The third kappa shape index (κ3) is 2.94. The van der Waals surface area contributed by atoms with Gasteiger partial charge in [0.15, 0.2) is 0 Å². The van der Waals surface area contributed by atoms with Crippen LogP contribution in [-0.4, -0.2) is 23.6 Å². The van der Waals surface area contributed by atoms with Gasteiger partial charge in [0.05, 0.1) is 5.92 Å². The summed E-state index contributed by atoms with van der Waals surface area (Å²) >= 11 is 0. The van der Waals surface area contributed by atoms with E-state index in [1.54, 1.807) is 6.92 Å². The SMILES string of the molecule is CC[C@@H](C)C(=O)OC1CC(C)(C)OC1=O. The lowest BCUT2D eigenvalue weighted by Gasteiger charge is -2.14. The maximum Gasteiger partial charge on any atom is 0.348 e. The normalized spacial score (nSPS) is 25.9. The molecule has 1 unspecified atom stereocenters. The van der Waals surface area contributed by atoms with Gasteiger partial charge in [0, 0.05) is 6.42 Å². The topological polar surface area (TPSA) is 52.6 Å². The van der Waals surface area contributed by atoms with Gasteiger partial charge in [-0.05, 0) is 20.3 Å². The standard InChI is InChI=1S/C11H18O4/c1-5-7(2)9(12)14-8-6-11(3,4)15-10(8)13/h7-8H,5-6H2,1-4H3/t7-,8?/m1/s1. The molecule has 0 spiro atoms. The minimum absolute atomic E-state index is 0.165. The fourth-order valence-electron chi connectivity index (χ4n) is 1.42. The van der Waals surface area contributed by atoms with Crippen LogP contribution < -0.4 is 0 Å². The van der Waals surface area contributed by atoms with Crippen molar-refractivity contribution >= 4 is 11.9 Å². The molecular formula is C11H18O4. The highest BCUT2D eigenvalue weighted by molar-refractivity contribution is 5.82. The second-order valence-electron chi connectivity index (χ2n) is 4.62. The van der Waals surface area contributed by atoms with Crippen LogP contribution in [0.3, 0.4) is 0 Å². The van der Waals surface area contributed by atoms with Gasteiger partial charge in [-0.3, -0.25) is 4.79 Å². The van der Waals surface area contributed by atoms with E-state index in [9.17, 15) is 9.59 Å². The summed E-state index contributed by atoms with van der Waals surface area (Å²) in [4.78, 5) is 22.8. The summed E-state index contributed by atoms with van der Waals surface area (Å²) in [5, 5.41) is 0. The molecule has 1 fully saturated rings. The lowest BCUT2D eigenvalue weighted by atomic mass is 10.0. The molecule has 0 radical (unpaired) electrons. The second kappa shape index (κ2) is 4.21. The molecule has 2 atom stereocenters. The Kier molecular flexibility index (Phi) is 3.37. The Morgan fingerprint density at radius 3 is 2.67 bits per heavy atom. The molecule has 1 saturated heterocycles. The number of esters is 2. The first-order valence-electron chi connectivity index (χ1n) is 5.29. The van der Waals surface area contributed by atoms with Gasteiger partial charge in [-0.1, -0.05) is 13.8 Å². The number of rotatable bonds is 3. The summed E-state index contributed by atoms with van der Waals surface area (Å²) in [7, 11) is 0. The highest BCUT2D eigenvalue weighted by Crippen LogP contribution is 2.28. The summed E-state index contributed by atoms with van der Waals surface area (Å²) in [5.74, 6) is -0.921. The van der Waals surface area contributed by atoms with Crippen LogP contribution >= 0.6 is 0 Å². The summed E-state index contributed by atoms with van der Waals surface area (Å²) < 4.78 is 10.2. The predicted octanol–water partition coefficient (Wildman–Crippen LogP) is 1.67. The van der Waals surface area contributed by atoms with E-state index in [2.05, 4.69) is 0 Å². The molecule has 1 aliphatic rings. The van der Waals surface area contributed by atoms with E-state index in [-0.39, 0.29) is 11.9 Å². The Hall–Kier alpha value is -1.06. The average Bonchev–Trinajstić information content (AvgIpc) is 2.38. The molecule has 0 aromatic rings. The van der Waals surface area contributed by atoms with Crippen molar-refractivity contribution in [3.05, 3.63) is 0 Å². The van der Waals surface area contributed by atoms with E-state index in [1.165, 1.54) is 0 Å². The Morgan fingerprint density at radius 2 is 2.27 bits per heavy atom. The summed E-state index contributed by atoms with van der Waals surface area (Å²) in [6.07, 6.45) is 0.430. The summed E-state index contributed by atoms with van der Waals surface area (Å²) in [6.45, 7) is 7.31.